The van der Waals surface area contributed by atoms with E-state index in [1.807, 2.05) is 0 Å². The smallest absolute Gasteiger partial charge is 0.0754 e. The van der Waals surface area contributed by atoms with Crippen LogP contribution in [0.1, 0.15) is 44.5 Å². The molecule has 2 heterocycles. The summed E-state index contributed by atoms with van der Waals surface area (Å²) >= 11 is 0. The number of benzene rings is 12. The van der Waals surface area contributed by atoms with E-state index in [2.05, 4.69) is 301 Å². The van der Waals surface area contributed by atoms with E-state index >= 15 is 0 Å². The van der Waals surface area contributed by atoms with E-state index in [0.717, 1.165) is 28.2 Å². The van der Waals surface area contributed by atoms with Gasteiger partial charge in [-0.2, -0.15) is 0 Å². The molecule has 1 atom stereocenters. The molecule has 0 N–H and O–H groups in total. The third kappa shape index (κ3) is 5.70. The SMILES string of the molecule is c1ccc(-c2cccc(-c3ccccc3N(c3ccc4c(c3)-c3ccccc3C43c4ccccc4-n4c5ccccc5c5cccc3c54)c3cccc4c3-c3ccccc3C4(c3ccccc3)c3ccccc3)c2)cc1. The monoisotopic (exact) mass is 964 g/mol. The van der Waals surface area contributed by atoms with E-state index in [4.69, 9.17) is 0 Å². The number of para-hydroxylation sites is 4. The first kappa shape index (κ1) is 42.7. The maximum atomic E-state index is 2.58. The lowest BCUT2D eigenvalue weighted by molar-refractivity contribution is 0.748. The summed E-state index contributed by atoms with van der Waals surface area (Å²) in [6, 6.07) is 109. The quantitative estimate of drug-likeness (QED) is 0.155. The zero-order valence-corrected chi connectivity index (χ0v) is 41.6. The van der Waals surface area contributed by atoms with Gasteiger partial charge in [-0.1, -0.05) is 249 Å². The van der Waals surface area contributed by atoms with Gasteiger partial charge in [-0.05, 0) is 120 Å². The van der Waals surface area contributed by atoms with Gasteiger partial charge in [0, 0.05) is 27.6 Å². The summed E-state index contributed by atoms with van der Waals surface area (Å²) in [5, 5.41) is 2.56. The number of anilines is 3. The molecule has 2 heteroatoms. The fourth-order valence-corrected chi connectivity index (χ4v) is 14.2. The standard InChI is InChI=1S/C74H48N2/c1-4-23-49(24-5-1)50-25-20-26-51(47-50)55-31-12-17-41-67(55)75(70-44-22-39-65-71(70)59-34-11-15-37-62(59)73(65,52-27-6-2-7-28-52)53-29-8-3-9-30-53)54-45-46-63-60(48-54)56-32-10-14-36-61(56)74(63)64-38-16-19-43-69(64)76-68-42-18-13-33-57(68)58-35-21-40-66(74)72(58)76/h1-48H. The van der Waals surface area contributed by atoms with E-state index in [1.54, 1.807) is 0 Å². The van der Waals surface area contributed by atoms with Gasteiger partial charge in [-0.25, -0.2) is 0 Å². The highest BCUT2D eigenvalue weighted by atomic mass is 15.1. The number of hydrogen-bond donors (Lipinski definition) is 0. The Kier molecular flexibility index (Phi) is 9.20. The zero-order chi connectivity index (χ0) is 50.0. The molecule has 2 aliphatic carbocycles. The average molecular weight is 965 g/mol. The summed E-state index contributed by atoms with van der Waals surface area (Å²) in [6.45, 7) is 0. The van der Waals surface area contributed by atoms with Crippen LogP contribution in [0.15, 0.2) is 291 Å². The van der Waals surface area contributed by atoms with E-state index in [1.165, 1.54) is 105 Å². The Hall–Kier alpha value is -9.76. The van der Waals surface area contributed by atoms with Gasteiger partial charge in [-0.3, -0.25) is 0 Å². The Morgan fingerprint density at radius 1 is 0.289 bits per heavy atom. The van der Waals surface area contributed by atoms with Crippen LogP contribution in [0.5, 0.6) is 0 Å². The molecular formula is C74H48N2. The van der Waals surface area contributed by atoms with E-state index in [9.17, 15) is 0 Å². The van der Waals surface area contributed by atoms with Crippen molar-refractivity contribution in [3.05, 3.63) is 336 Å². The second-order valence-electron chi connectivity index (χ2n) is 20.6. The lowest BCUT2D eigenvalue weighted by Gasteiger charge is -2.39. The highest BCUT2D eigenvalue weighted by molar-refractivity contribution is 6.13. The van der Waals surface area contributed by atoms with Crippen molar-refractivity contribution in [3.8, 4) is 50.2 Å². The maximum absolute atomic E-state index is 2.58. The van der Waals surface area contributed by atoms with E-state index < -0.39 is 10.8 Å². The van der Waals surface area contributed by atoms with Crippen molar-refractivity contribution < 1.29 is 0 Å². The molecule has 0 fully saturated rings. The summed E-state index contributed by atoms with van der Waals surface area (Å²) in [7, 11) is 0. The van der Waals surface area contributed by atoms with Crippen molar-refractivity contribution in [2.75, 3.05) is 4.90 Å². The molecule has 1 spiro atoms. The van der Waals surface area contributed by atoms with Crippen molar-refractivity contribution >= 4 is 38.9 Å². The Balaban J connectivity index is 0.994. The summed E-state index contributed by atoms with van der Waals surface area (Å²) in [5.41, 5.74) is 25.9. The summed E-state index contributed by atoms with van der Waals surface area (Å²) < 4.78 is 2.53. The third-order valence-corrected chi connectivity index (χ3v) is 17.1. The second-order valence-corrected chi connectivity index (χ2v) is 20.6. The molecular weight excluding hydrogens is 917 g/mol. The van der Waals surface area contributed by atoms with Gasteiger partial charge in [0.1, 0.15) is 0 Å². The number of rotatable bonds is 7. The van der Waals surface area contributed by atoms with Gasteiger partial charge in [-0.15, -0.1) is 0 Å². The van der Waals surface area contributed by atoms with Gasteiger partial charge in [0.2, 0.25) is 0 Å². The molecule has 1 aliphatic heterocycles. The molecule has 1 aromatic heterocycles. The molecule has 354 valence electrons. The first-order chi connectivity index (χ1) is 37.7. The lowest BCUT2D eigenvalue weighted by Crippen LogP contribution is -2.33. The molecule has 0 amide bonds. The van der Waals surface area contributed by atoms with Crippen molar-refractivity contribution in [2.45, 2.75) is 10.8 Å². The maximum Gasteiger partial charge on any atom is 0.0754 e. The van der Waals surface area contributed by atoms with Crippen LogP contribution in [-0.4, -0.2) is 4.57 Å². The topological polar surface area (TPSA) is 8.17 Å². The van der Waals surface area contributed by atoms with Crippen LogP contribution >= 0.6 is 0 Å². The van der Waals surface area contributed by atoms with Crippen LogP contribution in [-0.2, 0) is 10.8 Å². The van der Waals surface area contributed by atoms with Gasteiger partial charge in [0.05, 0.1) is 38.9 Å². The number of hydrogen-bond acceptors (Lipinski definition) is 1. The normalized spacial score (nSPS) is 15.0. The van der Waals surface area contributed by atoms with Gasteiger partial charge in [0.15, 0.2) is 0 Å². The first-order valence-corrected chi connectivity index (χ1v) is 26.5. The molecule has 0 saturated carbocycles. The van der Waals surface area contributed by atoms with E-state index in [-0.39, 0.29) is 0 Å². The number of nitrogens with zero attached hydrogens (tertiary/aromatic N) is 2. The Morgan fingerprint density at radius 2 is 0.816 bits per heavy atom. The van der Waals surface area contributed by atoms with Crippen molar-refractivity contribution in [2.24, 2.45) is 0 Å². The summed E-state index contributed by atoms with van der Waals surface area (Å²) in [5.74, 6) is 0. The molecule has 12 aromatic carbocycles. The van der Waals surface area contributed by atoms with Crippen LogP contribution in [0, 0.1) is 0 Å². The van der Waals surface area contributed by atoms with Crippen LogP contribution < -0.4 is 4.90 Å². The van der Waals surface area contributed by atoms with Crippen LogP contribution in [0.25, 0.3) is 72.0 Å². The predicted octanol–water partition coefficient (Wildman–Crippen LogP) is 18.6. The molecule has 0 bridgehead atoms. The molecule has 0 saturated heterocycles. The fourth-order valence-electron chi connectivity index (χ4n) is 14.2. The Bertz CT molecular complexity index is 4430. The molecule has 3 aliphatic rings. The van der Waals surface area contributed by atoms with Crippen LogP contribution in [0.3, 0.4) is 0 Å². The Labute approximate surface area is 442 Å². The Morgan fingerprint density at radius 3 is 1.61 bits per heavy atom. The van der Waals surface area contributed by atoms with Gasteiger partial charge >= 0.3 is 0 Å². The van der Waals surface area contributed by atoms with E-state index in [0.29, 0.717) is 0 Å². The minimum absolute atomic E-state index is 0.566. The number of fused-ring (bicyclic) bond motifs is 15. The minimum Gasteiger partial charge on any atom is -0.309 e. The second kappa shape index (κ2) is 16.4. The van der Waals surface area contributed by atoms with Gasteiger partial charge < -0.3 is 9.47 Å². The molecule has 13 aromatic rings. The predicted molar refractivity (Wildman–Crippen MR) is 315 cm³/mol. The van der Waals surface area contributed by atoms with Crippen molar-refractivity contribution in [1.82, 2.24) is 4.57 Å². The molecule has 1 unspecified atom stereocenters. The largest absolute Gasteiger partial charge is 0.309 e. The first-order valence-electron chi connectivity index (χ1n) is 26.5. The highest BCUT2D eigenvalue weighted by Gasteiger charge is 2.52. The van der Waals surface area contributed by atoms with Crippen molar-refractivity contribution in [1.29, 1.82) is 0 Å². The molecule has 16 rings (SSSR count). The average Bonchev–Trinajstić information content (AvgIpc) is 4.32. The third-order valence-electron chi connectivity index (χ3n) is 17.1. The number of aromatic nitrogens is 1. The summed E-state index contributed by atoms with van der Waals surface area (Å²) in [6.07, 6.45) is 0. The zero-order valence-electron chi connectivity index (χ0n) is 41.6. The molecule has 76 heavy (non-hydrogen) atoms. The van der Waals surface area contributed by atoms with Crippen LogP contribution in [0.2, 0.25) is 0 Å². The highest BCUT2D eigenvalue weighted by Crippen LogP contribution is 2.63. The summed E-state index contributed by atoms with van der Waals surface area (Å²) in [4.78, 5) is 2.58. The lowest BCUT2D eigenvalue weighted by atomic mass is 9.65. The van der Waals surface area contributed by atoms with Crippen LogP contribution in [0.4, 0.5) is 17.1 Å². The van der Waals surface area contributed by atoms with Crippen molar-refractivity contribution in [3.63, 3.8) is 0 Å². The van der Waals surface area contributed by atoms with Gasteiger partial charge in [0.25, 0.3) is 0 Å². The molecule has 2 nitrogen and oxygen atoms in total. The fraction of sp³-hybridized carbons (Fsp3) is 0.0270. The molecule has 0 radical (unpaired) electrons. The minimum atomic E-state index is -0.569.